The molecule has 0 aromatic heterocycles. The maximum absolute atomic E-state index is 12.1. The van der Waals surface area contributed by atoms with Crippen molar-refractivity contribution in [3.8, 4) is 0 Å². The van der Waals surface area contributed by atoms with Crippen molar-refractivity contribution in [1.29, 1.82) is 0 Å². The summed E-state index contributed by atoms with van der Waals surface area (Å²) in [5, 5.41) is 0. The van der Waals surface area contributed by atoms with E-state index >= 15 is 0 Å². The van der Waals surface area contributed by atoms with Gasteiger partial charge >= 0.3 is 0 Å². The van der Waals surface area contributed by atoms with Gasteiger partial charge in [0.25, 0.3) is 0 Å². The van der Waals surface area contributed by atoms with Gasteiger partial charge in [0.1, 0.15) is 6.61 Å². The van der Waals surface area contributed by atoms with E-state index in [-0.39, 0.29) is 18.0 Å². The number of aryl methyl sites for hydroxylation is 3. The first-order chi connectivity index (χ1) is 9.20. The number of hydrogen-bond donors (Lipinski definition) is 0. The van der Waals surface area contributed by atoms with E-state index in [2.05, 4.69) is 6.92 Å². The number of Topliss-reactive ketones (excluding diaryl/α,β-unsaturated/α-hetero) is 1. The first-order valence-electron chi connectivity index (χ1n) is 7.03. The first kappa shape index (κ1) is 16.9. The molecule has 0 radical (unpaired) electrons. The summed E-state index contributed by atoms with van der Waals surface area (Å²) in [6.45, 7) is 13.1. The Morgan fingerprint density at radius 2 is 1.60 bits per heavy atom. The molecule has 1 aromatic carbocycles. The van der Waals surface area contributed by atoms with E-state index in [1.807, 2.05) is 46.8 Å². The average Bonchev–Trinajstić information content (AvgIpc) is 2.31. The van der Waals surface area contributed by atoms with Gasteiger partial charge in [0.05, 0.1) is 18.8 Å². The highest BCUT2D eigenvalue weighted by atomic mass is 16.5. The molecule has 0 aliphatic rings. The Morgan fingerprint density at radius 1 is 1.00 bits per heavy atom. The van der Waals surface area contributed by atoms with Crippen LogP contribution in [-0.2, 0) is 9.47 Å². The Bertz CT molecular complexity index is 470. The predicted molar refractivity (Wildman–Crippen MR) is 81.5 cm³/mol. The zero-order chi connectivity index (χ0) is 15.3. The summed E-state index contributed by atoms with van der Waals surface area (Å²) in [5.41, 5.74) is 3.93. The third kappa shape index (κ3) is 5.43. The third-order valence-electron chi connectivity index (χ3n) is 3.14. The van der Waals surface area contributed by atoms with E-state index in [1.165, 1.54) is 5.56 Å². The van der Waals surface area contributed by atoms with Gasteiger partial charge in [-0.2, -0.15) is 0 Å². The van der Waals surface area contributed by atoms with E-state index in [9.17, 15) is 4.79 Å². The summed E-state index contributed by atoms with van der Waals surface area (Å²) < 4.78 is 10.9. The fraction of sp³-hybridized carbons (Fsp3) is 0.588. The van der Waals surface area contributed by atoms with E-state index < -0.39 is 0 Å². The van der Waals surface area contributed by atoms with Crippen molar-refractivity contribution in [3.05, 3.63) is 34.4 Å². The van der Waals surface area contributed by atoms with E-state index in [1.54, 1.807) is 0 Å². The second-order valence-electron chi connectivity index (χ2n) is 6.19. The van der Waals surface area contributed by atoms with Gasteiger partial charge in [-0.1, -0.05) is 6.07 Å². The molecule has 0 atom stereocenters. The van der Waals surface area contributed by atoms with Gasteiger partial charge in [-0.3, -0.25) is 4.79 Å². The van der Waals surface area contributed by atoms with Gasteiger partial charge < -0.3 is 9.47 Å². The highest BCUT2D eigenvalue weighted by Gasteiger charge is 2.12. The molecule has 0 heterocycles. The predicted octanol–water partition coefficient (Wildman–Crippen LogP) is 3.63. The van der Waals surface area contributed by atoms with Crippen LogP contribution in [-0.4, -0.2) is 31.2 Å². The van der Waals surface area contributed by atoms with Crippen LogP contribution in [0.25, 0.3) is 0 Å². The summed E-state index contributed by atoms with van der Waals surface area (Å²) in [4.78, 5) is 12.1. The average molecular weight is 278 g/mol. The molecule has 20 heavy (non-hydrogen) atoms. The van der Waals surface area contributed by atoms with Crippen molar-refractivity contribution < 1.29 is 14.3 Å². The fourth-order valence-corrected chi connectivity index (χ4v) is 1.91. The molecule has 0 saturated heterocycles. The van der Waals surface area contributed by atoms with Gasteiger partial charge in [0, 0.05) is 5.56 Å². The van der Waals surface area contributed by atoms with Crippen LogP contribution in [0.1, 0.15) is 47.8 Å². The lowest BCUT2D eigenvalue weighted by molar-refractivity contribution is -0.0324. The maximum atomic E-state index is 12.1. The molecular formula is C17H26O3. The van der Waals surface area contributed by atoms with E-state index in [4.69, 9.17) is 9.47 Å². The quantitative estimate of drug-likeness (QED) is 0.589. The molecule has 0 saturated carbocycles. The molecule has 0 bridgehead atoms. The molecule has 3 nitrogen and oxygen atoms in total. The van der Waals surface area contributed by atoms with Crippen molar-refractivity contribution in [1.82, 2.24) is 0 Å². The molecule has 3 heteroatoms. The van der Waals surface area contributed by atoms with Gasteiger partial charge in [-0.25, -0.2) is 0 Å². The molecule has 1 aromatic rings. The van der Waals surface area contributed by atoms with Crippen LogP contribution < -0.4 is 0 Å². The minimum atomic E-state index is -0.169. The summed E-state index contributed by atoms with van der Waals surface area (Å²) in [7, 11) is 0. The minimum absolute atomic E-state index is 0.0290. The number of hydrogen-bond acceptors (Lipinski definition) is 3. The second kappa shape index (κ2) is 7.00. The summed E-state index contributed by atoms with van der Waals surface area (Å²) >= 11 is 0. The molecule has 0 spiro atoms. The van der Waals surface area contributed by atoms with Crippen LogP contribution in [0, 0.1) is 20.8 Å². The van der Waals surface area contributed by atoms with Crippen molar-refractivity contribution >= 4 is 5.78 Å². The summed E-state index contributed by atoms with van der Waals surface area (Å²) in [5.74, 6) is 0.0290. The van der Waals surface area contributed by atoms with Crippen LogP contribution in [0.4, 0.5) is 0 Å². The Hall–Kier alpha value is -1.19. The molecule has 0 aliphatic carbocycles. The number of ketones is 1. The second-order valence-corrected chi connectivity index (χ2v) is 6.19. The van der Waals surface area contributed by atoms with Gasteiger partial charge in [0.15, 0.2) is 5.78 Å². The zero-order valence-electron chi connectivity index (χ0n) is 13.5. The summed E-state index contributed by atoms with van der Waals surface area (Å²) in [6.07, 6.45) is 0. The Kier molecular flexibility index (Phi) is 5.90. The third-order valence-corrected chi connectivity index (χ3v) is 3.14. The van der Waals surface area contributed by atoms with Crippen LogP contribution in [0.5, 0.6) is 0 Å². The fourth-order valence-electron chi connectivity index (χ4n) is 1.91. The number of benzene rings is 1. The molecule has 0 N–H and O–H groups in total. The highest BCUT2D eigenvalue weighted by Crippen LogP contribution is 2.16. The largest absolute Gasteiger partial charge is 0.373 e. The van der Waals surface area contributed by atoms with Crippen LogP contribution in [0.15, 0.2) is 12.1 Å². The first-order valence-corrected chi connectivity index (χ1v) is 7.03. The molecule has 0 unspecified atom stereocenters. The lowest BCUT2D eigenvalue weighted by atomic mass is 9.98. The number of carbonyl (C=O) groups is 1. The van der Waals surface area contributed by atoms with Gasteiger partial charge in [-0.15, -0.1) is 0 Å². The molecule has 112 valence electrons. The monoisotopic (exact) mass is 278 g/mol. The van der Waals surface area contributed by atoms with Crippen LogP contribution in [0.2, 0.25) is 0 Å². The van der Waals surface area contributed by atoms with Crippen molar-refractivity contribution in [2.24, 2.45) is 0 Å². The van der Waals surface area contributed by atoms with Gasteiger partial charge in [-0.05, 0) is 64.3 Å². The highest BCUT2D eigenvalue weighted by molar-refractivity contribution is 5.98. The van der Waals surface area contributed by atoms with Crippen molar-refractivity contribution in [2.45, 2.75) is 47.1 Å². The lowest BCUT2D eigenvalue weighted by Gasteiger charge is -2.19. The Balaban J connectivity index is 2.46. The van der Waals surface area contributed by atoms with Crippen LogP contribution in [0.3, 0.4) is 0 Å². The Morgan fingerprint density at radius 3 is 2.20 bits per heavy atom. The smallest absolute Gasteiger partial charge is 0.188 e. The number of rotatable bonds is 6. The molecule has 1 rings (SSSR count). The van der Waals surface area contributed by atoms with Crippen molar-refractivity contribution in [3.63, 3.8) is 0 Å². The van der Waals surface area contributed by atoms with E-state index in [0.29, 0.717) is 13.2 Å². The normalized spacial score (nSPS) is 11.7. The Labute approximate surface area is 122 Å². The topological polar surface area (TPSA) is 35.5 Å². The van der Waals surface area contributed by atoms with Crippen molar-refractivity contribution in [2.75, 3.05) is 19.8 Å². The zero-order valence-corrected chi connectivity index (χ0v) is 13.5. The molecule has 0 aliphatic heterocycles. The van der Waals surface area contributed by atoms with E-state index in [0.717, 1.165) is 16.7 Å². The SMILES string of the molecule is Cc1cc(C)c(C(=O)COCCOC(C)(C)C)cc1C. The standard InChI is InChI=1S/C17H26O3/c1-12-9-14(3)15(10-13(12)2)16(18)11-19-7-8-20-17(4,5)6/h9-10H,7-8,11H2,1-6H3. The van der Waals surface area contributed by atoms with Crippen LogP contribution >= 0.6 is 0 Å². The lowest BCUT2D eigenvalue weighted by Crippen LogP contribution is -2.22. The molecular weight excluding hydrogens is 252 g/mol. The minimum Gasteiger partial charge on any atom is -0.373 e. The molecule has 0 fully saturated rings. The maximum Gasteiger partial charge on any atom is 0.188 e. The number of carbonyl (C=O) groups excluding carboxylic acids is 1. The van der Waals surface area contributed by atoms with Gasteiger partial charge in [0.2, 0.25) is 0 Å². The number of ether oxygens (including phenoxy) is 2. The summed E-state index contributed by atoms with van der Waals surface area (Å²) in [6, 6.07) is 3.99. The molecule has 0 amide bonds.